The third kappa shape index (κ3) is 2.80. The highest BCUT2D eigenvalue weighted by Crippen LogP contribution is 2.46. The monoisotopic (exact) mass is 346 g/mol. The molecule has 1 aliphatic rings. The molecule has 0 aliphatic carbocycles. The van der Waals surface area contributed by atoms with Crippen molar-refractivity contribution in [1.82, 2.24) is 0 Å². The Morgan fingerprint density at radius 1 is 0.923 bits per heavy atom. The first-order valence-corrected chi connectivity index (χ1v) is 8.45. The number of carbonyl (C=O) groups is 1. The third-order valence-corrected chi connectivity index (χ3v) is 4.73. The van der Waals surface area contributed by atoms with Gasteiger partial charge in [0.25, 0.3) is 0 Å². The topological polar surface area (TPSA) is 66.8 Å². The normalized spacial score (nSPS) is 18.8. The summed E-state index contributed by atoms with van der Waals surface area (Å²) in [6.07, 6.45) is 0.608. The van der Waals surface area contributed by atoms with Crippen molar-refractivity contribution in [3.05, 3.63) is 89.5 Å². The van der Waals surface area contributed by atoms with Crippen LogP contribution >= 0.6 is 0 Å². The molecule has 130 valence electrons. The van der Waals surface area contributed by atoms with Crippen molar-refractivity contribution < 1.29 is 19.7 Å². The summed E-state index contributed by atoms with van der Waals surface area (Å²) in [4.78, 5) is 12.9. The van der Waals surface area contributed by atoms with E-state index in [-0.39, 0.29) is 35.0 Å². The fourth-order valence-corrected chi connectivity index (χ4v) is 3.57. The van der Waals surface area contributed by atoms with Crippen LogP contribution in [-0.4, -0.2) is 16.0 Å². The molecule has 0 radical (unpaired) electrons. The van der Waals surface area contributed by atoms with E-state index in [9.17, 15) is 15.0 Å². The molecule has 3 aromatic rings. The van der Waals surface area contributed by atoms with Crippen molar-refractivity contribution in [2.75, 3.05) is 0 Å². The van der Waals surface area contributed by atoms with Crippen molar-refractivity contribution in [3.63, 3.8) is 0 Å². The zero-order valence-electron chi connectivity index (χ0n) is 14.1. The summed E-state index contributed by atoms with van der Waals surface area (Å²) in [5.41, 5.74) is 1.15. The van der Waals surface area contributed by atoms with Gasteiger partial charge in [-0.2, -0.15) is 0 Å². The Balaban J connectivity index is 1.86. The second kappa shape index (κ2) is 6.23. The van der Waals surface area contributed by atoms with Crippen molar-refractivity contribution in [1.29, 1.82) is 0 Å². The Labute approximate surface area is 151 Å². The summed E-state index contributed by atoms with van der Waals surface area (Å²) in [5.74, 6) is -0.397. The molecular formula is C22H18O4. The predicted molar refractivity (Wildman–Crippen MR) is 97.6 cm³/mol. The van der Waals surface area contributed by atoms with Gasteiger partial charge >= 0.3 is 0 Å². The number of phenols is 2. The molecule has 4 rings (SSSR count). The van der Waals surface area contributed by atoms with Crippen LogP contribution in [0, 0.1) is 0 Å². The molecule has 2 N–H and O–H groups in total. The third-order valence-electron chi connectivity index (χ3n) is 4.73. The Hall–Kier alpha value is -3.27. The minimum Gasteiger partial charge on any atom is -0.508 e. The summed E-state index contributed by atoms with van der Waals surface area (Å²) in [7, 11) is 0. The van der Waals surface area contributed by atoms with Crippen molar-refractivity contribution >= 4 is 5.78 Å². The molecule has 0 spiro atoms. The van der Waals surface area contributed by atoms with E-state index in [0.717, 1.165) is 17.2 Å². The fourth-order valence-electron chi connectivity index (χ4n) is 3.57. The van der Waals surface area contributed by atoms with E-state index in [0.29, 0.717) is 6.42 Å². The van der Waals surface area contributed by atoms with E-state index in [1.54, 1.807) is 0 Å². The van der Waals surface area contributed by atoms with Gasteiger partial charge in [0, 0.05) is 18.6 Å². The molecule has 0 unspecified atom stereocenters. The number of carbonyl (C=O) groups excluding carboxylic acids is 1. The van der Waals surface area contributed by atoms with Crippen LogP contribution < -0.4 is 4.74 Å². The first-order chi connectivity index (χ1) is 12.6. The number of ketones is 1. The molecule has 0 bridgehead atoms. The van der Waals surface area contributed by atoms with Crippen LogP contribution in [0.5, 0.6) is 17.2 Å². The Kier molecular flexibility index (Phi) is 3.88. The van der Waals surface area contributed by atoms with Crippen LogP contribution in [0.1, 0.15) is 27.9 Å². The Bertz CT molecular complexity index is 951. The number of phenolic OH excluding ortho intramolecular Hbond substituents is 2. The number of fused-ring (bicyclic) bond motifs is 1. The minimum absolute atomic E-state index is 0.108. The van der Waals surface area contributed by atoms with Gasteiger partial charge in [-0.1, -0.05) is 60.7 Å². The molecule has 4 nitrogen and oxygen atoms in total. The zero-order chi connectivity index (χ0) is 18.1. The van der Waals surface area contributed by atoms with Crippen molar-refractivity contribution in [2.45, 2.75) is 18.4 Å². The number of hydrogen-bond acceptors (Lipinski definition) is 4. The van der Waals surface area contributed by atoms with Gasteiger partial charge in [0.2, 0.25) is 0 Å². The van der Waals surface area contributed by atoms with Crippen molar-refractivity contribution in [2.24, 2.45) is 0 Å². The highest BCUT2D eigenvalue weighted by Gasteiger charge is 2.43. The summed E-state index contributed by atoms with van der Waals surface area (Å²) < 4.78 is 6.30. The van der Waals surface area contributed by atoms with Gasteiger partial charge in [-0.05, 0) is 11.1 Å². The number of ether oxygens (including phenoxy) is 1. The summed E-state index contributed by atoms with van der Waals surface area (Å²) in [6, 6.07) is 22.0. The molecule has 0 fully saturated rings. The van der Waals surface area contributed by atoms with E-state index in [1.165, 1.54) is 6.07 Å². The molecule has 3 aromatic carbocycles. The average molecular weight is 346 g/mol. The highest BCUT2D eigenvalue weighted by atomic mass is 16.5. The zero-order valence-corrected chi connectivity index (χ0v) is 14.1. The molecular weight excluding hydrogens is 328 g/mol. The lowest BCUT2D eigenvalue weighted by Crippen LogP contribution is -2.41. The Morgan fingerprint density at radius 3 is 2.27 bits per heavy atom. The Morgan fingerprint density at radius 2 is 1.58 bits per heavy atom. The minimum atomic E-state index is -0.896. The number of aromatic hydroxyl groups is 2. The summed E-state index contributed by atoms with van der Waals surface area (Å²) in [5, 5.41) is 19.9. The smallest absolute Gasteiger partial charge is 0.174 e. The van der Waals surface area contributed by atoms with Gasteiger partial charge in [-0.15, -0.1) is 0 Å². The van der Waals surface area contributed by atoms with E-state index < -0.39 is 5.60 Å². The first-order valence-electron chi connectivity index (χ1n) is 8.45. The number of hydrogen-bond donors (Lipinski definition) is 2. The molecule has 1 atom stereocenters. The standard InChI is InChI=1S/C22H18O4/c23-17-11-18(24)21-19(25)14-22(26-20(21)12-17,16-9-5-2-6-10-16)13-15-7-3-1-4-8-15/h1-12,23-24H,13-14H2/t22-/m0/s1. The maximum absolute atomic E-state index is 12.9. The molecule has 0 saturated carbocycles. The van der Waals surface area contributed by atoms with Crippen LogP contribution in [0.4, 0.5) is 0 Å². The van der Waals surface area contributed by atoms with Crippen LogP contribution in [0.25, 0.3) is 0 Å². The van der Waals surface area contributed by atoms with Gasteiger partial charge in [0.1, 0.15) is 28.4 Å². The van der Waals surface area contributed by atoms with Gasteiger partial charge in [-0.25, -0.2) is 0 Å². The van der Waals surface area contributed by atoms with E-state index in [2.05, 4.69) is 0 Å². The lowest BCUT2D eigenvalue weighted by Gasteiger charge is -2.39. The molecule has 4 heteroatoms. The van der Waals surface area contributed by atoms with Gasteiger partial charge in [0.15, 0.2) is 5.78 Å². The lowest BCUT2D eigenvalue weighted by atomic mass is 9.79. The average Bonchev–Trinajstić information content (AvgIpc) is 2.62. The quantitative estimate of drug-likeness (QED) is 0.746. The van der Waals surface area contributed by atoms with Crippen molar-refractivity contribution in [3.8, 4) is 17.2 Å². The maximum atomic E-state index is 12.9. The van der Waals surface area contributed by atoms with E-state index >= 15 is 0 Å². The number of rotatable bonds is 3. The lowest BCUT2D eigenvalue weighted by molar-refractivity contribution is 0.0373. The number of benzene rings is 3. The summed E-state index contributed by atoms with van der Waals surface area (Å²) >= 11 is 0. The van der Waals surface area contributed by atoms with Crippen LogP contribution in [0.15, 0.2) is 72.8 Å². The van der Waals surface area contributed by atoms with Crippen LogP contribution in [0.2, 0.25) is 0 Å². The molecule has 0 aromatic heterocycles. The van der Waals surface area contributed by atoms with Gasteiger partial charge < -0.3 is 14.9 Å². The SMILES string of the molecule is O=C1C[C@@](Cc2ccccc2)(c2ccccc2)Oc2cc(O)cc(O)c21. The predicted octanol–water partition coefficient (Wildman–Crippen LogP) is 4.20. The molecule has 26 heavy (non-hydrogen) atoms. The second-order valence-corrected chi connectivity index (χ2v) is 6.56. The van der Waals surface area contributed by atoms with Gasteiger partial charge in [0.05, 0.1) is 6.42 Å². The molecule has 0 amide bonds. The fraction of sp³-hybridized carbons (Fsp3) is 0.136. The summed E-state index contributed by atoms with van der Waals surface area (Å²) in [6.45, 7) is 0. The maximum Gasteiger partial charge on any atom is 0.174 e. The molecule has 1 aliphatic heterocycles. The largest absolute Gasteiger partial charge is 0.508 e. The van der Waals surface area contributed by atoms with E-state index in [4.69, 9.17) is 4.74 Å². The second-order valence-electron chi connectivity index (χ2n) is 6.56. The number of Topliss-reactive ketones (excluding diaryl/α,β-unsaturated/α-hetero) is 1. The van der Waals surface area contributed by atoms with Crippen LogP contribution in [0.3, 0.4) is 0 Å². The molecule has 1 heterocycles. The first kappa shape index (κ1) is 16.2. The van der Waals surface area contributed by atoms with Gasteiger partial charge in [-0.3, -0.25) is 4.79 Å². The highest BCUT2D eigenvalue weighted by molar-refractivity contribution is 6.03. The van der Waals surface area contributed by atoms with E-state index in [1.807, 2.05) is 60.7 Å². The van der Waals surface area contributed by atoms with Crippen LogP contribution in [-0.2, 0) is 12.0 Å². The molecule has 0 saturated heterocycles.